The summed E-state index contributed by atoms with van der Waals surface area (Å²) in [6.07, 6.45) is 3.46. The fourth-order valence-electron chi connectivity index (χ4n) is 4.47. The van der Waals surface area contributed by atoms with E-state index < -0.39 is 0 Å². The summed E-state index contributed by atoms with van der Waals surface area (Å²) >= 11 is 1.40. The van der Waals surface area contributed by atoms with Crippen molar-refractivity contribution < 1.29 is 19.1 Å². The highest BCUT2D eigenvalue weighted by molar-refractivity contribution is 7.12. The fourth-order valence-corrected chi connectivity index (χ4v) is 5.16. The van der Waals surface area contributed by atoms with Crippen LogP contribution in [-0.2, 0) is 20.7 Å². The predicted octanol–water partition coefficient (Wildman–Crippen LogP) is 3.77. The Kier molecular flexibility index (Phi) is 7.71. The first-order valence-corrected chi connectivity index (χ1v) is 12.3. The maximum atomic E-state index is 13.0. The van der Waals surface area contributed by atoms with E-state index in [1.54, 1.807) is 11.0 Å². The van der Waals surface area contributed by atoms with Crippen LogP contribution in [0.1, 0.15) is 58.9 Å². The molecular weight excluding hydrogens is 424 g/mol. The number of nitrogens with zero attached hydrogens (tertiary/aromatic N) is 1. The number of fused-ring (bicyclic) bond motifs is 1. The monoisotopic (exact) mass is 454 g/mol. The van der Waals surface area contributed by atoms with Crippen LogP contribution in [0.4, 0.5) is 0 Å². The van der Waals surface area contributed by atoms with E-state index in [0.29, 0.717) is 30.3 Å². The Balaban J connectivity index is 1.37. The third-order valence-corrected chi connectivity index (χ3v) is 7.25. The Morgan fingerprint density at radius 3 is 2.75 bits per heavy atom. The molecule has 1 saturated heterocycles. The van der Waals surface area contributed by atoms with Gasteiger partial charge in [0.1, 0.15) is 0 Å². The van der Waals surface area contributed by atoms with Crippen LogP contribution in [0.2, 0.25) is 0 Å². The van der Waals surface area contributed by atoms with Crippen molar-refractivity contribution >= 4 is 28.9 Å². The molecule has 32 heavy (non-hydrogen) atoms. The first-order chi connectivity index (χ1) is 15.6. The van der Waals surface area contributed by atoms with Gasteiger partial charge in [0.05, 0.1) is 10.9 Å². The average Bonchev–Trinajstić information content (AvgIpc) is 3.50. The van der Waals surface area contributed by atoms with Crippen LogP contribution in [-0.4, -0.2) is 48.8 Å². The summed E-state index contributed by atoms with van der Waals surface area (Å²) in [6.45, 7) is 2.55. The van der Waals surface area contributed by atoms with Gasteiger partial charge in [-0.3, -0.25) is 14.4 Å². The Hall–Kier alpha value is -2.51. The minimum atomic E-state index is -0.238. The highest BCUT2D eigenvalue weighted by Gasteiger charge is 2.27. The molecule has 2 aliphatic rings. The Morgan fingerprint density at radius 2 is 1.97 bits per heavy atom. The summed E-state index contributed by atoms with van der Waals surface area (Å²) in [4.78, 5) is 40.5. The number of hydrogen-bond donors (Lipinski definition) is 1. The molecule has 0 spiro atoms. The highest BCUT2D eigenvalue weighted by Crippen LogP contribution is 2.25. The van der Waals surface area contributed by atoms with E-state index in [-0.39, 0.29) is 36.5 Å². The zero-order valence-corrected chi connectivity index (χ0v) is 19.1. The molecule has 2 aromatic rings. The van der Waals surface area contributed by atoms with Gasteiger partial charge in [-0.2, -0.15) is 0 Å². The molecule has 0 radical (unpaired) electrons. The first kappa shape index (κ1) is 22.7. The van der Waals surface area contributed by atoms with Crippen molar-refractivity contribution in [3.8, 4) is 0 Å². The van der Waals surface area contributed by atoms with Crippen LogP contribution in [0.5, 0.6) is 0 Å². The number of hydrogen-bond acceptors (Lipinski definition) is 5. The molecule has 170 valence electrons. The minimum Gasteiger partial charge on any atom is -0.381 e. The zero-order chi connectivity index (χ0) is 22.3. The molecule has 1 aromatic heterocycles. The summed E-state index contributed by atoms with van der Waals surface area (Å²) < 4.78 is 5.41. The predicted molar refractivity (Wildman–Crippen MR) is 124 cm³/mol. The van der Waals surface area contributed by atoms with E-state index in [9.17, 15) is 14.4 Å². The largest absolute Gasteiger partial charge is 0.381 e. The minimum absolute atomic E-state index is 0.00667. The molecule has 6 nitrogen and oxygen atoms in total. The van der Waals surface area contributed by atoms with Gasteiger partial charge in [-0.1, -0.05) is 30.3 Å². The van der Waals surface area contributed by atoms with Crippen molar-refractivity contribution in [2.45, 2.75) is 44.6 Å². The molecule has 2 amide bonds. The van der Waals surface area contributed by atoms with Crippen molar-refractivity contribution in [1.29, 1.82) is 0 Å². The van der Waals surface area contributed by atoms with Crippen molar-refractivity contribution in [1.82, 2.24) is 10.2 Å². The van der Waals surface area contributed by atoms with Crippen molar-refractivity contribution in [3.05, 3.63) is 57.8 Å². The summed E-state index contributed by atoms with van der Waals surface area (Å²) in [5, 5.41) is 5.04. The van der Waals surface area contributed by atoms with Gasteiger partial charge in [0.2, 0.25) is 11.8 Å². The zero-order valence-electron chi connectivity index (χ0n) is 18.3. The standard InChI is InChI=1S/C25H30N2O4S/c28-22(23-6-3-15-32-23)8-10-25(30)27-13-11-19-4-1-2-5-20(19)21(16-27)26-24(29)9-7-18-12-14-31-17-18/h1-6,15,18,21H,7-14,16-17H2,(H,26,29). The van der Waals surface area contributed by atoms with Gasteiger partial charge in [0, 0.05) is 45.6 Å². The number of carbonyl (C=O) groups excluding carboxylic acids is 3. The van der Waals surface area contributed by atoms with Crippen LogP contribution in [0.25, 0.3) is 0 Å². The number of rotatable bonds is 8. The van der Waals surface area contributed by atoms with E-state index in [2.05, 4.69) is 11.4 Å². The molecule has 4 rings (SSSR count). The summed E-state index contributed by atoms with van der Waals surface area (Å²) in [6, 6.07) is 11.5. The molecule has 1 N–H and O–H groups in total. The number of ether oxygens (including phenoxy) is 1. The van der Waals surface area contributed by atoms with Crippen LogP contribution < -0.4 is 5.32 Å². The lowest BCUT2D eigenvalue weighted by Gasteiger charge is -2.26. The van der Waals surface area contributed by atoms with Crippen LogP contribution in [0.15, 0.2) is 41.8 Å². The van der Waals surface area contributed by atoms with Crippen molar-refractivity contribution in [3.63, 3.8) is 0 Å². The normalized spacial score (nSPS) is 20.4. The van der Waals surface area contributed by atoms with Gasteiger partial charge < -0.3 is 15.0 Å². The summed E-state index contributed by atoms with van der Waals surface area (Å²) in [7, 11) is 0. The number of Topliss-reactive ketones (excluding diaryl/α,β-unsaturated/α-hetero) is 1. The Morgan fingerprint density at radius 1 is 1.09 bits per heavy atom. The molecule has 0 aliphatic carbocycles. The number of carbonyl (C=O) groups is 3. The van der Waals surface area contributed by atoms with Gasteiger partial charge >= 0.3 is 0 Å². The van der Waals surface area contributed by atoms with Gasteiger partial charge in [-0.05, 0) is 47.8 Å². The SMILES string of the molecule is O=C(CCC1CCOC1)NC1CN(C(=O)CCC(=O)c2cccs2)CCc2ccccc21. The molecule has 1 fully saturated rings. The Labute approximate surface area is 192 Å². The first-order valence-electron chi connectivity index (χ1n) is 11.4. The summed E-state index contributed by atoms with van der Waals surface area (Å²) in [5.41, 5.74) is 2.24. The quantitative estimate of drug-likeness (QED) is 0.616. The molecule has 2 aliphatic heterocycles. The molecular formula is C25H30N2O4S. The van der Waals surface area contributed by atoms with Gasteiger partial charge in [-0.25, -0.2) is 0 Å². The van der Waals surface area contributed by atoms with Crippen molar-refractivity contribution in [2.24, 2.45) is 5.92 Å². The van der Waals surface area contributed by atoms with E-state index in [1.807, 2.05) is 29.6 Å². The van der Waals surface area contributed by atoms with Gasteiger partial charge in [-0.15, -0.1) is 11.3 Å². The van der Waals surface area contributed by atoms with Crippen LogP contribution in [0.3, 0.4) is 0 Å². The van der Waals surface area contributed by atoms with E-state index in [1.165, 1.54) is 11.3 Å². The second kappa shape index (κ2) is 10.9. The Bertz CT molecular complexity index is 937. The van der Waals surface area contributed by atoms with E-state index in [0.717, 1.165) is 43.6 Å². The number of amides is 2. The lowest BCUT2D eigenvalue weighted by atomic mass is 9.98. The highest BCUT2D eigenvalue weighted by atomic mass is 32.1. The van der Waals surface area contributed by atoms with Gasteiger partial charge in [0.25, 0.3) is 0 Å². The molecule has 0 saturated carbocycles. The third kappa shape index (κ3) is 5.84. The molecule has 1 aromatic carbocycles. The maximum absolute atomic E-state index is 13.0. The van der Waals surface area contributed by atoms with E-state index in [4.69, 9.17) is 4.74 Å². The number of nitrogens with one attached hydrogen (secondary N) is 1. The molecule has 0 bridgehead atoms. The van der Waals surface area contributed by atoms with E-state index >= 15 is 0 Å². The molecule has 2 unspecified atom stereocenters. The molecule has 3 heterocycles. The second-order valence-electron chi connectivity index (χ2n) is 8.58. The summed E-state index contributed by atoms with van der Waals surface area (Å²) in [5.74, 6) is 0.442. The third-order valence-electron chi connectivity index (χ3n) is 6.34. The number of ketones is 1. The molecule has 2 atom stereocenters. The lowest BCUT2D eigenvalue weighted by molar-refractivity contribution is -0.132. The fraction of sp³-hybridized carbons (Fsp3) is 0.480. The maximum Gasteiger partial charge on any atom is 0.223 e. The average molecular weight is 455 g/mol. The smallest absolute Gasteiger partial charge is 0.223 e. The molecule has 7 heteroatoms. The number of benzene rings is 1. The van der Waals surface area contributed by atoms with Crippen LogP contribution >= 0.6 is 11.3 Å². The topological polar surface area (TPSA) is 75.7 Å². The van der Waals surface area contributed by atoms with Crippen molar-refractivity contribution in [2.75, 3.05) is 26.3 Å². The van der Waals surface area contributed by atoms with Crippen LogP contribution in [0, 0.1) is 5.92 Å². The number of thiophene rings is 1. The second-order valence-corrected chi connectivity index (χ2v) is 9.53. The van der Waals surface area contributed by atoms with Gasteiger partial charge in [0.15, 0.2) is 5.78 Å². The lowest BCUT2D eigenvalue weighted by Crippen LogP contribution is -2.40.